The fourth-order valence-electron chi connectivity index (χ4n) is 0.994. The van der Waals surface area contributed by atoms with E-state index in [4.69, 9.17) is 11.5 Å². The molecule has 13 heavy (non-hydrogen) atoms. The van der Waals surface area contributed by atoms with E-state index < -0.39 is 11.7 Å². The van der Waals surface area contributed by atoms with Gasteiger partial charge in [0.25, 0.3) is 5.91 Å². The van der Waals surface area contributed by atoms with Crippen molar-refractivity contribution < 1.29 is 9.18 Å². The van der Waals surface area contributed by atoms with E-state index in [0.29, 0.717) is 0 Å². The largest absolute Gasteiger partial charge is 0.398 e. The van der Waals surface area contributed by atoms with Crippen LogP contribution in [0.25, 0.3) is 0 Å². The lowest BCUT2D eigenvalue weighted by atomic mass is 10.1. The summed E-state index contributed by atoms with van der Waals surface area (Å²) in [7, 11) is 1.54. The molecule has 0 fully saturated rings. The Labute approximate surface area is 74.7 Å². The first-order valence-corrected chi connectivity index (χ1v) is 3.63. The van der Waals surface area contributed by atoms with Gasteiger partial charge in [-0.2, -0.15) is 0 Å². The van der Waals surface area contributed by atoms with Crippen molar-refractivity contribution in [3.05, 3.63) is 23.5 Å². The minimum Gasteiger partial charge on any atom is -0.398 e. The van der Waals surface area contributed by atoms with Crippen LogP contribution < -0.4 is 16.8 Å². The fourth-order valence-corrected chi connectivity index (χ4v) is 0.994. The first-order valence-electron chi connectivity index (χ1n) is 3.63. The van der Waals surface area contributed by atoms with Crippen LogP contribution in [0.3, 0.4) is 0 Å². The van der Waals surface area contributed by atoms with Crippen LogP contribution in [0.1, 0.15) is 10.4 Å². The van der Waals surface area contributed by atoms with Gasteiger partial charge in [-0.15, -0.1) is 0 Å². The van der Waals surface area contributed by atoms with E-state index in [-0.39, 0.29) is 16.9 Å². The first kappa shape index (κ1) is 9.31. The van der Waals surface area contributed by atoms with Crippen LogP contribution in [-0.2, 0) is 0 Å². The van der Waals surface area contributed by atoms with Crippen molar-refractivity contribution in [1.29, 1.82) is 0 Å². The molecule has 0 radical (unpaired) electrons. The SMILES string of the molecule is CNc1cc(C(N)=O)c(N)cc1F. The summed E-state index contributed by atoms with van der Waals surface area (Å²) >= 11 is 0. The van der Waals surface area contributed by atoms with Gasteiger partial charge in [-0.3, -0.25) is 4.79 Å². The molecule has 0 spiro atoms. The maximum atomic E-state index is 13.0. The van der Waals surface area contributed by atoms with Crippen LogP contribution in [0.2, 0.25) is 0 Å². The second kappa shape index (κ2) is 3.30. The van der Waals surface area contributed by atoms with Crippen molar-refractivity contribution in [3.8, 4) is 0 Å². The topological polar surface area (TPSA) is 81.1 Å². The number of primary amides is 1. The third-order valence-electron chi connectivity index (χ3n) is 1.67. The molecule has 1 amide bonds. The zero-order chi connectivity index (χ0) is 10.0. The quantitative estimate of drug-likeness (QED) is 0.585. The molecule has 1 aromatic carbocycles. The van der Waals surface area contributed by atoms with E-state index >= 15 is 0 Å². The lowest BCUT2D eigenvalue weighted by Gasteiger charge is -2.06. The van der Waals surface area contributed by atoms with E-state index in [0.717, 1.165) is 6.07 Å². The number of nitrogens with two attached hydrogens (primary N) is 2. The number of carbonyl (C=O) groups is 1. The van der Waals surface area contributed by atoms with Crippen molar-refractivity contribution in [2.45, 2.75) is 0 Å². The van der Waals surface area contributed by atoms with Crippen molar-refractivity contribution >= 4 is 17.3 Å². The van der Waals surface area contributed by atoms with E-state index in [9.17, 15) is 9.18 Å². The highest BCUT2D eigenvalue weighted by Gasteiger charge is 2.10. The van der Waals surface area contributed by atoms with Gasteiger partial charge in [0.15, 0.2) is 0 Å². The number of halogens is 1. The molecule has 70 valence electrons. The number of nitrogens with one attached hydrogen (secondary N) is 1. The third-order valence-corrected chi connectivity index (χ3v) is 1.67. The molecule has 0 aliphatic carbocycles. The Morgan fingerprint density at radius 3 is 2.62 bits per heavy atom. The summed E-state index contributed by atoms with van der Waals surface area (Å²) in [5.41, 5.74) is 10.8. The third kappa shape index (κ3) is 1.69. The zero-order valence-electron chi connectivity index (χ0n) is 7.10. The Morgan fingerprint density at radius 1 is 1.54 bits per heavy atom. The van der Waals surface area contributed by atoms with Gasteiger partial charge in [0.05, 0.1) is 11.3 Å². The minimum atomic E-state index is -0.672. The minimum absolute atomic E-state index is 0.0454. The predicted octanol–water partition coefficient (Wildman–Crippen LogP) is 0.548. The highest BCUT2D eigenvalue weighted by molar-refractivity contribution is 5.99. The van der Waals surface area contributed by atoms with Gasteiger partial charge in [0.2, 0.25) is 0 Å². The van der Waals surface area contributed by atoms with E-state index in [2.05, 4.69) is 5.32 Å². The summed E-state index contributed by atoms with van der Waals surface area (Å²) in [5.74, 6) is -1.18. The van der Waals surface area contributed by atoms with Crippen LogP contribution >= 0.6 is 0 Å². The van der Waals surface area contributed by atoms with Gasteiger partial charge < -0.3 is 16.8 Å². The molecule has 1 aromatic rings. The standard InChI is InChI=1S/C8H10FN3O/c1-12-7-2-4(8(11)13)6(10)3-5(7)9/h2-3,12H,10H2,1H3,(H2,11,13). The molecule has 0 heterocycles. The lowest BCUT2D eigenvalue weighted by molar-refractivity contribution is 0.100. The Hall–Kier alpha value is -1.78. The second-order valence-corrected chi connectivity index (χ2v) is 2.53. The molecule has 0 aliphatic rings. The Morgan fingerprint density at radius 2 is 2.15 bits per heavy atom. The number of nitrogen functional groups attached to an aromatic ring is 1. The number of hydrogen-bond donors (Lipinski definition) is 3. The highest BCUT2D eigenvalue weighted by Crippen LogP contribution is 2.21. The summed E-state index contributed by atoms with van der Waals surface area (Å²) in [6.45, 7) is 0. The second-order valence-electron chi connectivity index (χ2n) is 2.53. The highest BCUT2D eigenvalue weighted by atomic mass is 19.1. The molecule has 0 aliphatic heterocycles. The molecule has 0 saturated heterocycles. The summed E-state index contributed by atoms with van der Waals surface area (Å²) in [6, 6.07) is 2.35. The maximum absolute atomic E-state index is 13.0. The number of carbonyl (C=O) groups excluding carboxylic acids is 1. The normalized spacial score (nSPS) is 9.69. The number of hydrogen-bond acceptors (Lipinski definition) is 3. The van der Waals surface area contributed by atoms with E-state index in [1.54, 1.807) is 7.05 Å². The monoisotopic (exact) mass is 183 g/mol. The molecule has 0 unspecified atom stereocenters. The van der Waals surface area contributed by atoms with Crippen LogP contribution in [0.4, 0.5) is 15.8 Å². The predicted molar refractivity (Wildman–Crippen MR) is 48.9 cm³/mol. The van der Waals surface area contributed by atoms with Gasteiger partial charge in [-0.25, -0.2) is 4.39 Å². The molecule has 5 heteroatoms. The zero-order valence-corrected chi connectivity index (χ0v) is 7.10. The molecule has 0 bridgehead atoms. The van der Waals surface area contributed by atoms with E-state index in [1.807, 2.05) is 0 Å². The van der Waals surface area contributed by atoms with Crippen LogP contribution in [-0.4, -0.2) is 13.0 Å². The summed E-state index contributed by atoms with van der Waals surface area (Å²) in [6.07, 6.45) is 0. The average molecular weight is 183 g/mol. The molecule has 1 rings (SSSR count). The fraction of sp³-hybridized carbons (Fsp3) is 0.125. The Bertz CT molecular complexity index is 351. The lowest BCUT2D eigenvalue weighted by Crippen LogP contribution is -2.14. The number of amides is 1. The first-order chi connectivity index (χ1) is 6.06. The summed E-state index contributed by atoms with van der Waals surface area (Å²) < 4.78 is 13.0. The summed E-state index contributed by atoms with van der Waals surface area (Å²) in [4.78, 5) is 10.8. The van der Waals surface area contributed by atoms with E-state index in [1.165, 1.54) is 6.07 Å². The van der Waals surface area contributed by atoms with Gasteiger partial charge in [-0.1, -0.05) is 0 Å². The number of rotatable bonds is 2. The van der Waals surface area contributed by atoms with Crippen LogP contribution in [0.15, 0.2) is 12.1 Å². The Balaban J connectivity index is 3.30. The van der Waals surface area contributed by atoms with Gasteiger partial charge in [-0.05, 0) is 12.1 Å². The summed E-state index contributed by atoms with van der Waals surface area (Å²) in [5, 5.41) is 2.58. The average Bonchev–Trinajstić information content (AvgIpc) is 2.03. The van der Waals surface area contributed by atoms with Gasteiger partial charge in [0.1, 0.15) is 5.82 Å². The molecular formula is C8H10FN3O. The molecule has 4 nitrogen and oxygen atoms in total. The van der Waals surface area contributed by atoms with Crippen LogP contribution in [0, 0.1) is 5.82 Å². The molecule has 5 N–H and O–H groups in total. The number of benzene rings is 1. The molecule has 0 aromatic heterocycles. The van der Waals surface area contributed by atoms with Gasteiger partial charge in [0, 0.05) is 12.7 Å². The molecule has 0 atom stereocenters. The van der Waals surface area contributed by atoms with Crippen molar-refractivity contribution in [1.82, 2.24) is 0 Å². The van der Waals surface area contributed by atoms with Gasteiger partial charge >= 0.3 is 0 Å². The Kier molecular flexibility index (Phi) is 2.36. The smallest absolute Gasteiger partial charge is 0.250 e. The van der Waals surface area contributed by atoms with Crippen molar-refractivity contribution in [2.24, 2.45) is 5.73 Å². The maximum Gasteiger partial charge on any atom is 0.250 e. The van der Waals surface area contributed by atoms with Crippen molar-refractivity contribution in [2.75, 3.05) is 18.1 Å². The van der Waals surface area contributed by atoms with Crippen molar-refractivity contribution in [3.63, 3.8) is 0 Å². The molecule has 0 saturated carbocycles. The number of anilines is 2. The molecular weight excluding hydrogens is 173 g/mol. The van der Waals surface area contributed by atoms with Crippen LogP contribution in [0.5, 0.6) is 0 Å².